The number of non-ortho nitro benzene ring substituents is 1. The molecule has 6 nitrogen and oxygen atoms in total. The van der Waals surface area contributed by atoms with Crippen molar-refractivity contribution >= 4 is 17.8 Å². The van der Waals surface area contributed by atoms with Gasteiger partial charge in [0.2, 0.25) is 0 Å². The zero-order valence-electron chi connectivity index (χ0n) is 13.6. The summed E-state index contributed by atoms with van der Waals surface area (Å²) in [5, 5.41) is 10.6. The van der Waals surface area contributed by atoms with E-state index in [1.54, 1.807) is 50.3 Å². The van der Waals surface area contributed by atoms with Gasteiger partial charge < -0.3 is 9.15 Å². The number of ether oxygens (including phenoxy) is 1. The van der Waals surface area contributed by atoms with Gasteiger partial charge in [-0.15, -0.1) is 0 Å². The summed E-state index contributed by atoms with van der Waals surface area (Å²) >= 11 is 0. The Morgan fingerprint density at radius 1 is 1.08 bits per heavy atom. The zero-order valence-corrected chi connectivity index (χ0v) is 13.6. The number of hydrogen-bond donors (Lipinski definition) is 0. The van der Waals surface area contributed by atoms with Gasteiger partial charge in [0.15, 0.2) is 5.43 Å². The summed E-state index contributed by atoms with van der Waals surface area (Å²) in [6.07, 6.45) is 6.94. The molecule has 2 aromatic rings. The fourth-order valence-corrected chi connectivity index (χ4v) is 2.11. The summed E-state index contributed by atoms with van der Waals surface area (Å²) in [5.74, 6) is 0.625. The van der Waals surface area contributed by atoms with E-state index >= 15 is 0 Å². The molecule has 0 saturated carbocycles. The van der Waals surface area contributed by atoms with Crippen molar-refractivity contribution in [2.75, 3.05) is 7.11 Å². The molecule has 1 aromatic heterocycles. The van der Waals surface area contributed by atoms with E-state index in [4.69, 9.17) is 9.15 Å². The lowest BCUT2D eigenvalue weighted by molar-refractivity contribution is -0.384. The lowest BCUT2D eigenvalue weighted by Crippen LogP contribution is -2.11. The van der Waals surface area contributed by atoms with Crippen molar-refractivity contribution in [2.45, 2.75) is 13.8 Å². The number of rotatable bonds is 5. The fraction of sp³-hybridized carbons (Fsp3) is 0.167. The first kappa shape index (κ1) is 17.2. The minimum Gasteiger partial charge on any atom is -0.468 e. The van der Waals surface area contributed by atoms with Crippen LogP contribution in [0.2, 0.25) is 0 Å². The first-order chi connectivity index (χ1) is 11.4. The van der Waals surface area contributed by atoms with Gasteiger partial charge in [-0.3, -0.25) is 14.9 Å². The molecule has 24 heavy (non-hydrogen) atoms. The summed E-state index contributed by atoms with van der Waals surface area (Å²) in [4.78, 5) is 22.2. The smallest absolute Gasteiger partial charge is 0.291 e. The Kier molecular flexibility index (Phi) is 5.31. The van der Waals surface area contributed by atoms with Gasteiger partial charge in [0, 0.05) is 17.7 Å². The molecule has 0 atom stereocenters. The summed E-state index contributed by atoms with van der Waals surface area (Å²) in [5.41, 5.74) is 1.70. The van der Waals surface area contributed by atoms with Crippen LogP contribution in [-0.4, -0.2) is 12.0 Å². The highest BCUT2D eigenvalue weighted by molar-refractivity contribution is 5.57. The quantitative estimate of drug-likeness (QED) is 0.472. The lowest BCUT2D eigenvalue weighted by Gasteiger charge is -2.06. The van der Waals surface area contributed by atoms with Crippen LogP contribution >= 0.6 is 0 Å². The molecule has 6 heteroatoms. The van der Waals surface area contributed by atoms with E-state index in [2.05, 4.69) is 0 Å². The lowest BCUT2D eigenvalue weighted by atomic mass is 10.1. The molecule has 0 radical (unpaired) electrons. The number of methoxy groups -OCH3 is 1. The molecule has 0 fully saturated rings. The Morgan fingerprint density at radius 3 is 2.29 bits per heavy atom. The van der Waals surface area contributed by atoms with Gasteiger partial charge in [0.1, 0.15) is 5.76 Å². The highest BCUT2D eigenvalue weighted by atomic mass is 16.6. The minimum atomic E-state index is -0.442. The Hall–Kier alpha value is -3.15. The highest BCUT2D eigenvalue weighted by Gasteiger charge is 2.11. The summed E-state index contributed by atoms with van der Waals surface area (Å²) in [6, 6.07) is 6.19. The molecule has 0 saturated heterocycles. The second kappa shape index (κ2) is 7.41. The second-order valence-electron chi connectivity index (χ2n) is 5.10. The van der Waals surface area contributed by atoms with E-state index in [0.717, 1.165) is 5.56 Å². The molecular weight excluding hydrogens is 310 g/mol. The van der Waals surface area contributed by atoms with Crippen LogP contribution in [0.4, 0.5) is 5.69 Å². The van der Waals surface area contributed by atoms with Gasteiger partial charge in [0.25, 0.3) is 11.6 Å². The Bertz CT molecular complexity index is 860. The van der Waals surface area contributed by atoms with Crippen LogP contribution in [0.25, 0.3) is 12.2 Å². The SMILES string of the molecule is COc1oc(/C=C/C=C/c2ccc([N+](=O)[O-])cc2)c(C)c(=O)c1C. The number of nitro benzene ring substituents is 1. The summed E-state index contributed by atoms with van der Waals surface area (Å²) in [6.45, 7) is 3.34. The van der Waals surface area contributed by atoms with Crippen molar-refractivity contribution in [3.05, 3.63) is 79.2 Å². The Labute approximate surface area is 138 Å². The maximum Gasteiger partial charge on any atom is 0.291 e. The monoisotopic (exact) mass is 327 g/mol. The van der Waals surface area contributed by atoms with Crippen LogP contribution < -0.4 is 10.2 Å². The number of nitro groups is 1. The number of hydrogen-bond acceptors (Lipinski definition) is 5. The van der Waals surface area contributed by atoms with Gasteiger partial charge in [0.05, 0.1) is 17.6 Å². The molecule has 0 bridgehead atoms. The average molecular weight is 327 g/mol. The molecule has 1 aromatic carbocycles. The van der Waals surface area contributed by atoms with Gasteiger partial charge >= 0.3 is 0 Å². The van der Waals surface area contributed by atoms with Crippen molar-refractivity contribution in [1.82, 2.24) is 0 Å². The highest BCUT2D eigenvalue weighted by Crippen LogP contribution is 2.19. The summed E-state index contributed by atoms with van der Waals surface area (Å²) in [7, 11) is 1.45. The standard InChI is InChI=1S/C18H17NO5/c1-12-16(24-18(23-3)13(2)17(12)20)7-5-4-6-14-8-10-15(11-9-14)19(21)22/h4-11H,1-3H3/b6-4+,7-5+. The van der Waals surface area contributed by atoms with Crippen molar-refractivity contribution in [3.63, 3.8) is 0 Å². The van der Waals surface area contributed by atoms with Crippen LogP contribution in [0.15, 0.2) is 45.6 Å². The Morgan fingerprint density at radius 2 is 1.71 bits per heavy atom. The number of allylic oxidation sites excluding steroid dienone is 2. The Balaban J connectivity index is 2.18. The molecule has 0 N–H and O–H groups in total. The molecule has 124 valence electrons. The molecular formula is C18H17NO5. The zero-order chi connectivity index (χ0) is 17.7. The average Bonchev–Trinajstić information content (AvgIpc) is 2.58. The first-order valence-corrected chi connectivity index (χ1v) is 7.21. The van der Waals surface area contributed by atoms with Crippen LogP contribution in [0.5, 0.6) is 5.95 Å². The molecule has 2 rings (SSSR count). The fourth-order valence-electron chi connectivity index (χ4n) is 2.11. The van der Waals surface area contributed by atoms with Crippen LogP contribution in [0, 0.1) is 24.0 Å². The van der Waals surface area contributed by atoms with Gasteiger partial charge in [-0.1, -0.05) is 18.2 Å². The molecule has 1 heterocycles. The van der Waals surface area contributed by atoms with Crippen molar-refractivity contribution in [2.24, 2.45) is 0 Å². The minimum absolute atomic E-state index is 0.0480. The maximum absolute atomic E-state index is 12.1. The van der Waals surface area contributed by atoms with Crippen molar-refractivity contribution in [1.29, 1.82) is 0 Å². The second-order valence-corrected chi connectivity index (χ2v) is 5.10. The maximum atomic E-state index is 12.1. The van der Waals surface area contributed by atoms with Crippen molar-refractivity contribution in [3.8, 4) is 5.95 Å². The third-order valence-corrected chi connectivity index (χ3v) is 3.50. The van der Waals surface area contributed by atoms with Gasteiger partial charge in [-0.2, -0.15) is 0 Å². The summed E-state index contributed by atoms with van der Waals surface area (Å²) < 4.78 is 10.6. The molecule has 0 aliphatic rings. The van der Waals surface area contributed by atoms with E-state index < -0.39 is 4.92 Å². The normalized spacial score (nSPS) is 11.3. The first-order valence-electron chi connectivity index (χ1n) is 7.21. The molecule has 0 spiro atoms. The van der Waals surface area contributed by atoms with Crippen LogP contribution in [0.3, 0.4) is 0 Å². The van der Waals surface area contributed by atoms with Crippen LogP contribution in [-0.2, 0) is 0 Å². The van der Waals surface area contributed by atoms with Gasteiger partial charge in [-0.05, 0) is 37.6 Å². The van der Waals surface area contributed by atoms with Crippen molar-refractivity contribution < 1.29 is 14.1 Å². The van der Waals surface area contributed by atoms with E-state index in [1.807, 2.05) is 0 Å². The van der Waals surface area contributed by atoms with E-state index in [1.165, 1.54) is 19.2 Å². The van der Waals surface area contributed by atoms with E-state index in [9.17, 15) is 14.9 Å². The van der Waals surface area contributed by atoms with Crippen LogP contribution in [0.1, 0.15) is 22.5 Å². The third kappa shape index (κ3) is 3.78. The topological polar surface area (TPSA) is 82.6 Å². The molecule has 0 unspecified atom stereocenters. The predicted molar refractivity (Wildman–Crippen MR) is 92.2 cm³/mol. The van der Waals surface area contributed by atoms with E-state index in [-0.39, 0.29) is 17.1 Å². The number of benzene rings is 1. The molecule has 0 aliphatic heterocycles. The third-order valence-electron chi connectivity index (χ3n) is 3.50. The molecule has 0 aliphatic carbocycles. The van der Waals surface area contributed by atoms with E-state index in [0.29, 0.717) is 16.9 Å². The number of nitrogens with zero attached hydrogens (tertiary/aromatic N) is 1. The predicted octanol–water partition coefficient (Wildman–Crippen LogP) is 3.90. The largest absolute Gasteiger partial charge is 0.468 e. The molecule has 0 amide bonds. The van der Waals surface area contributed by atoms with Gasteiger partial charge in [-0.25, -0.2) is 0 Å².